The van der Waals surface area contributed by atoms with Crippen LogP contribution in [0.4, 0.5) is 22.7 Å². The minimum Gasteiger partial charge on any atom is -0.332 e. The average Bonchev–Trinajstić information content (AvgIpc) is 2.85. The molecule has 0 spiro atoms. The summed E-state index contributed by atoms with van der Waals surface area (Å²) in [6, 6.07) is 16.7. The standard InChI is InChI=1S/C22H16N6O6S2/c29-19(13-1-9-17(10-2-13)27(31)32)25-21(35)23-15-5-7-16(8-6-15)24-22(36)26-20(30)14-3-11-18(12-4-14)28(33)34/h1-12H,(H2,23,25,29,35)(H2,24,26,30,36). The van der Waals surface area contributed by atoms with Gasteiger partial charge in [-0.2, -0.15) is 0 Å². The smallest absolute Gasteiger partial charge is 0.269 e. The average molecular weight is 525 g/mol. The molecule has 0 radical (unpaired) electrons. The fourth-order valence-electron chi connectivity index (χ4n) is 2.78. The number of thiocarbonyl (C=S) groups is 2. The molecule has 0 aromatic heterocycles. The largest absolute Gasteiger partial charge is 0.332 e. The third-order valence-electron chi connectivity index (χ3n) is 4.54. The summed E-state index contributed by atoms with van der Waals surface area (Å²) in [7, 11) is 0. The number of carbonyl (C=O) groups excluding carboxylic acids is 2. The molecule has 0 aliphatic rings. The predicted molar refractivity (Wildman–Crippen MR) is 140 cm³/mol. The zero-order chi connectivity index (χ0) is 26.2. The molecule has 182 valence electrons. The van der Waals surface area contributed by atoms with E-state index in [9.17, 15) is 29.8 Å². The second kappa shape index (κ2) is 11.5. The van der Waals surface area contributed by atoms with Crippen LogP contribution in [-0.2, 0) is 0 Å². The highest BCUT2D eigenvalue weighted by Crippen LogP contribution is 2.15. The van der Waals surface area contributed by atoms with Gasteiger partial charge in [-0.1, -0.05) is 0 Å². The number of benzene rings is 3. The maximum Gasteiger partial charge on any atom is 0.269 e. The number of amides is 2. The number of nitrogens with zero attached hydrogens (tertiary/aromatic N) is 2. The number of nitro groups is 2. The number of nitrogens with one attached hydrogen (secondary N) is 4. The number of rotatable bonds is 6. The van der Waals surface area contributed by atoms with Gasteiger partial charge in [0.1, 0.15) is 0 Å². The monoisotopic (exact) mass is 524 g/mol. The lowest BCUT2D eigenvalue weighted by atomic mass is 10.2. The van der Waals surface area contributed by atoms with Gasteiger partial charge in [0.25, 0.3) is 23.2 Å². The zero-order valence-electron chi connectivity index (χ0n) is 18.1. The van der Waals surface area contributed by atoms with Gasteiger partial charge in [-0.05, 0) is 73.0 Å². The van der Waals surface area contributed by atoms with Crippen molar-refractivity contribution in [2.75, 3.05) is 10.6 Å². The lowest BCUT2D eigenvalue weighted by Gasteiger charge is -2.12. The number of non-ortho nitro benzene ring substituents is 2. The zero-order valence-corrected chi connectivity index (χ0v) is 19.7. The van der Waals surface area contributed by atoms with E-state index in [1.54, 1.807) is 24.3 Å². The van der Waals surface area contributed by atoms with Crippen LogP contribution in [0.1, 0.15) is 20.7 Å². The fraction of sp³-hybridized carbons (Fsp3) is 0. The van der Waals surface area contributed by atoms with Crippen LogP contribution in [0.2, 0.25) is 0 Å². The first-order chi connectivity index (χ1) is 17.1. The Morgan fingerprint density at radius 3 is 1.17 bits per heavy atom. The van der Waals surface area contributed by atoms with E-state index in [0.717, 1.165) is 0 Å². The molecule has 0 unspecified atom stereocenters. The van der Waals surface area contributed by atoms with Crippen LogP contribution in [0.25, 0.3) is 0 Å². The predicted octanol–water partition coefficient (Wildman–Crippen LogP) is 3.76. The Labute approximate surface area is 214 Å². The van der Waals surface area contributed by atoms with E-state index in [2.05, 4.69) is 21.3 Å². The topological polar surface area (TPSA) is 169 Å². The summed E-state index contributed by atoms with van der Waals surface area (Å²) in [4.78, 5) is 44.8. The third-order valence-corrected chi connectivity index (χ3v) is 4.94. The Kier molecular flexibility index (Phi) is 8.27. The van der Waals surface area contributed by atoms with Crippen LogP contribution in [0.15, 0.2) is 72.8 Å². The number of nitro benzene ring substituents is 2. The van der Waals surface area contributed by atoms with Crippen molar-refractivity contribution in [3.8, 4) is 0 Å². The Bertz CT molecular complexity index is 1240. The summed E-state index contributed by atoms with van der Waals surface area (Å²) in [5, 5.41) is 32.1. The maximum atomic E-state index is 12.2. The number of anilines is 2. The lowest BCUT2D eigenvalue weighted by molar-refractivity contribution is -0.385. The summed E-state index contributed by atoms with van der Waals surface area (Å²) in [5.74, 6) is -1.07. The van der Waals surface area contributed by atoms with E-state index >= 15 is 0 Å². The van der Waals surface area contributed by atoms with Gasteiger partial charge in [-0.15, -0.1) is 0 Å². The summed E-state index contributed by atoms with van der Waals surface area (Å²) in [5.41, 5.74) is 1.24. The maximum absolute atomic E-state index is 12.2. The Hall–Kier alpha value is -4.82. The highest BCUT2D eigenvalue weighted by molar-refractivity contribution is 7.80. The molecule has 0 bridgehead atoms. The molecule has 0 saturated carbocycles. The van der Waals surface area contributed by atoms with Crippen molar-refractivity contribution in [3.05, 3.63) is 104 Å². The van der Waals surface area contributed by atoms with Crippen LogP contribution < -0.4 is 21.3 Å². The van der Waals surface area contributed by atoms with Gasteiger partial charge in [0, 0.05) is 46.8 Å². The molecule has 36 heavy (non-hydrogen) atoms. The molecule has 2 amide bonds. The number of hydrogen-bond acceptors (Lipinski definition) is 8. The quantitative estimate of drug-likeness (QED) is 0.212. The lowest BCUT2D eigenvalue weighted by Crippen LogP contribution is -2.34. The van der Waals surface area contributed by atoms with E-state index in [0.29, 0.717) is 11.4 Å². The van der Waals surface area contributed by atoms with Crippen molar-refractivity contribution in [1.29, 1.82) is 0 Å². The molecule has 0 saturated heterocycles. The van der Waals surface area contributed by atoms with E-state index in [-0.39, 0.29) is 32.7 Å². The molecular formula is C22H16N6O6S2. The second-order valence-electron chi connectivity index (χ2n) is 7.00. The SMILES string of the molecule is O=C(NC(=S)Nc1ccc(NC(=S)NC(=O)c2ccc([N+](=O)[O-])cc2)cc1)c1ccc([N+](=O)[O-])cc1. The number of hydrogen-bond donors (Lipinski definition) is 4. The van der Waals surface area contributed by atoms with Crippen LogP contribution in [0.3, 0.4) is 0 Å². The summed E-state index contributed by atoms with van der Waals surface area (Å²) >= 11 is 10.3. The molecule has 3 rings (SSSR count). The van der Waals surface area contributed by atoms with Crippen molar-refractivity contribution < 1.29 is 19.4 Å². The van der Waals surface area contributed by atoms with Crippen molar-refractivity contribution in [3.63, 3.8) is 0 Å². The van der Waals surface area contributed by atoms with Crippen LogP contribution in [0, 0.1) is 20.2 Å². The molecule has 14 heteroatoms. The fourth-order valence-corrected chi connectivity index (χ4v) is 3.20. The first kappa shape index (κ1) is 25.8. The number of carbonyl (C=O) groups is 2. The second-order valence-corrected chi connectivity index (χ2v) is 7.82. The van der Waals surface area contributed by atoms with Gasteiger partial charge in [0.05, 0.1) is 9.85 Å². The molecule has 12 nitrogen and oxygen atoms in total. The van der Waals surface area contributed by atoms with Gasteiger partial charge in [0.15, 0.2) is 10.2 Å². The Morgan fingerprint density at radius 1 is 0.583 bits per heavy atom. The first-order valence-electron chi connectivity index (χ1n) is 9.96. The normalized spacial score (nSPS) is 10.0. The third kappa shape index (κ3) is 7.09. The molecule has 4 N–H and O–H groups in total. The molecule has 3 aromatic rings. The highest BCUT2D eigenvalue weighted by Gasteiger charge is 2.12. The van der Waals surface area contributed by atoms with Crippen LogP contribution >= 0.6 is 24.4 Å². The Balaban J connectivity index is 1.49. The van der Waals surface area contributed by atoms with Crippen LogP contribution in [0.5, 0.6) is 0 Å². The molecule has 0 heterocycles. The van der Waals surface area contributed by atoms with Gasteiger partial charge < -0.3 is 10.6 Å². The molecule has 0 aliphatic carbocycles. The summed E-state index contributed by atoms with van der Waals surface area (Å²) in [6.07, 6.45) is 0. The van der Waals surface area contributed by atoms with Crippen molar-refractivity contribution in [2.24, 2.45) is 0 Å². The van der Waals surface area contributed by atoms with E-state index in [1.165, 1.54) is 48.5 Å². The Morgan fingerprint density at radius 2 is 0.889 bits per heavy atom. The summed E-state index contributed by atoms with van der Waals surface area (Å²) < 4.78 is 0. The minimum absolute atomic E-state index is 0.0185. The summed E-state index contributed by atoms with van der Waals surface area (Å²) in [6.45, 7) is 0. The van der Waals surface area contributed by atoms with Gasteiger partial charge in [-0.3, -0.25) is 40.5 Å². The van der Waals surface area contributed by atoms with Crippen molar-refractivity contribution in [1.82, 2.24) is 10.6 Å². The molecule has 0 atom stereocenters. The molecule has 0 aliphatic heterocycles. The highest BCUT2D eigenvalue weighted by atomic mass is 32.1. The molecular weight excluding hydrogens is 508 g/mol. The van der Waals surface area contributed by atoms with Crippen LogP contribution in [-0.4, -0.2) is 31.9 Å². The first-order valence-corrected chi connectivity index (χ1v) is 10.8. The molecule has 3 aromatic carbocycles. The van der Waals surface area contributed by atoms with Crippen molar-refractivity contribution >= 4 is 69.2 Å². The van der Waals surface area contributed by atoms with E-state index in [1.807, 2.05) is 0 Å². The van der Waals surface area contributed by atoms with Gasteiger partial charge in [0.2, 0.25) is 0 Å². The molecule has 0 fully saturated rings. The van der Waals surface area contributed by atoms with E-state index in [4.69, 9.17) is 24.4 Å². The minimum atomic E-state index is -0.563. The van der Waals surface area contributed by atoms with Crippen molar-refractivity contribution in [2.45, 2.75) is 0 Å². The van der Waals surface area contributed by atoms with E-state index < -0.39 is 21.7 Å². The van der Waals surface area contributed by atoms with Gasteiger partial charge in [-0.25, -0.2) is 0 Å². The van der Waals surface area contributed by atoms with Gasteiger partial charge >= 0.3 is 0 Å².